The van der Waals surface area contributed by atoms with Gasteiger partial charge in [0, 0.05) is 6.20 Å². The molecular weight excluding hydrogens is 260 g/mol. The van der Waals surface area contributed by atoms with E-state index in [-0.39, 0.29) is 5.78 Å². The number of carbonyl (C=O) groups is 1. The molecule has 3 heteroatoms. The molecule has 3 nitrogen and oxygen atoms in total. The molecule has 1 aliphatic carbocycles. The molecule has 0 radical (unpaired) electrons. The lowest BCUT2D eigenvalue weighted by Crippen LogP contribution is -2.34. The Hall–Kier alpha value is -2.16. The van der Waals surface area contributed by atoms with E-state index in [1.807, 2.05) is 31.2 Å². The Balaban J connectivity index is 2.10. The van der Waals surface area contributed by atoms with Crippen LogP contribution in [0.25, 0.3) is 0 Å². The second kappa shape index (κ2) is 5.32. The summed E-state index contributed by atoms with van der Waals surface area (Å²) >= 11 is 0. The van der Waals surface area contributed by atoms with Crippen molar-refractivity contribution in [1.29, 1.82) is 0 Å². The van der Waals surface area contributed by atoms with Crippen LogP contribution in [-0.4, -0.2) is 10.8 Å². The molecule has 1 heterocycles. The van der Waals surface area contributed by atoms with Gasteiger partial charge in [0.25, 0.3) is 0 Å². The summed E-state index contributed by atoms with van der Waals surface area (Å²) in [4.78, 5) is 17.5. The average molecular weight is 280 g/mol. The Morgan fingerprint density at radius 3 is 2.48 bits per heavy atom. The predicted molar refractivity (Wildman–Crippen MR) is 84.3 cm³/mol. The molecule has 3 rings (SSSR count). The lowest BCUT2D eigenvalue weighted by Gasteiger charge is -2.28. The third-order valence-corrected chi connectivity index (χ3v) is 4.64. The summed E-state index contributed by atoms with van der Waals surface area (Å²) in [5, 5.41) is 0. The van der Waals surface area contributed by atoms with Crippen molar-refractivity contribution in [2.45, 2.75) is 38.0 Å². The number of ketones is 1. The summed E-state index contributed by atoms with van der Waals surface area (Å²) in [6.45, 7) is 1.91. The maximum Gasteiger partial charge on any atom is 0.193 e. The smallest absolute Gasteiger partial charge is 0.193 e. The largest absolute Gasteiger partial charge is 0.397 e. The molecule has 0 amide bonds. The van der Waals surface area contributed by atoms with E-state index in [2.05, 4.69) is 17.1 Å². The Kier molecular flexibility index (Phi) is 3.50. The van der Waals surface area contributed by atoms with Crippen molar-refractivity contribution in [1.82, 2.24) is 4.98 Å². The Bertz CT molecular complexity index is 658. The van der Waals surface area contributed by atoms with E-state index in [4.69, 9.17) is 5.73 Å². The van der Waals surface area contributed by atoms with Gasteiger partial charge < -0.3 is 5.73 Å². The predicted octanol–water partition coefficient (Wildman–Crippen LogP) is 3.67. The first kappa shape index (κ1) is 13.8. The zero-order valence-corrected chi connectivity index (χ0v) is 12.3. The molecule has 0 unspecified atom stereocenters. The van der Waals surface area contributed by atoms with Crippen LogP contribution in [-0.2, 0) is 5.41 Å². The molecule has 2 aromatic rings. The maximum atomic E-state index is 13.2. The standard InChI is InChI=1S/C18H20N2O/c1-13-9-12-20-16(15(13)19)17(21)18(10-5-6-11-18)14-7-3-2-4-8-14/h2-4,7-9,12H,5-6,10-11,19H2,1H3. The van der Waals surface area contributed by atoms with Crippen LogP contribution >= 0.6 is 0 Å². The second-order valence-electron chi connectivity index (χ2n) is 5.87. The molecule has 0 aliphatic heterocycles. The number of nitrogen functional groups attached to an aromatic ring is 1. The number of nitrogens with two attached hydrogens (primary N) is 1. The topological polar surface area (TPSA) is 56.0 Å². The third kappa shape index (κ3) is 2.23. The second-order valence-corrected chi connectivity index (χ2v) is 5.87. The molecule has 0 atom stereocenters. The van der Waals surface area contributed by atoms with Gasteiger partial charge >= 0.3 is 0 Å². The molecule has 108 valence electrons. The first-order chi connectivity index (χ1) is 10.1. The summed E-state index contributed by atoms with van der Waals surface area (Å²) in [5.74, 6) is 0.0763. The van der Waals surface area contributed by atoms with Gasteiger partial charge in [0.1, 0.15) is 5.69 Å². The normalized spacial score (nSPS) is 16.8. The summed E-state index contributed by atoms with van der Waals surface area (Å²) in [6.07, 6.45) is 5.58. The van der Waals surface area contributed by atoms with Crippen molar-refractivity contribution < 1.29 is 4.79 Å². The van der Waals surface area contributed by atoms with E-state index in [1.165, 1.54) is 0 Å². The lowest BCUT2D eigenvalue weighted by molar-refractivity contribution is 0.0881. The summed E-state index contributed by atoms with van der Waals surface area (Å²) < 4.78 is 0. The van der Waals surface area contributed by atoms with Gasteiger partial charge in [-0.2, -0.15) is 0 Å². The third-order valence-electron chi connectivity index (χ3n) is 4.64. The minimum Gasteiger partial charge on any atom is -0.397 e. The number of Topliss-reactive ketones (excluding diaryl/α,β-unsaturated/α-hetero) is 1. The first-order valence-electron chi connectivity index (χ1n) is 7.46. The van der Waals surface area contributed by atoms with Crippen LogP contribution in [0.3, 0.4) is 0 Å². The molecule has 21 heavy (non-hydrogen) atoms. The zero-order chi connectivity index (χ0) is 14.9. The van der Waals surface area contributed by atoms with Gasteiger partial charge in [0.05, 0.1) is 11.1 Å². The number of hydrogen-bond donors (Lipinski definition) is 1. The highest BCUT2D eigenvalue weighted by Gasteiger charge is 2.44. The summed E-state index contributed by atoms with van der Waals surface area (Å²) in [5.41, 5.74) is 8.61. The SMILES string of the molecule is Cc1ccnc(C(=O)C2(c3ccccc3)CCCC2)c1N. The number of anilines is 1. The Morgan fingerprint density at radius 1 is 1.14 bits per heavy atom. The first-order valence-corrected chi connectivity index (χ1v) is 7.46. The molecule has 1 aromatic carbocycles. The van der Waals surface area contributed by atoms with E-state index in [9.17, 15) is 4.79 Å². The van der Waals surface area contributed by atoms with Gasteiger partial charge in [-0.15, -0.1) is 0 Å². The number of benzene rings is 1. The van der Waals surface area contributed by atoms with Gasteiger partial charge in [-0.3, -0.25) is 9.78 Å². The minimum atomic E-state index is -0.448. The molecule has 1 aliphatic rings. The van der Waals surface area contributed by atoms with Crippen LogP contribution in [0.5, 0.6) is 0 Å². The lowest BCUT2D eigenvalue weighted by atomic mass is 9.74. The highest BCUT2D eigenvalue weighted by molar-refractivity contribution is 6.06. The van der Waals surface area contributed by atoms with Crippen molar-refractivity contribution in [3.05, 3.63) is 59.4 Å². The van der Waals surface area contributed by atoms with Gasteiger partial charge in [-0.1, -0.05) is 43.2 Å². The maximum absolute atomic E-state index is 13.2. The van der Waals surface area contributed by atoms with Crippen LogP contribution in [0.2, 0.25) is 0 Å². The van der Waals surface area contributed by atoms with Gasteiger partial charge in [-0.25, -0.2) is 0 Å². The molecule has 2 N–H and O–H groups in total. The molecule has 0 spiro atoms. The molecule has 0 bridgehead atoms. The van der Waals surface area contributed by atoms with Gasteiger partial charge in [0.15, 0.2) is 5.78 Å². The van der Waals surface area contributed by atoms with E-state index >= 15 is 0 Å². The van der Waals surface area contributed by atoms with Crippen LogP contribution in [0, 0.1) is 6.92 Å². The van der Waals surface area contributed by atoms with Gasteiger partial charge in [-0.05, 0) is 37.0 Å². The number of nitrogens with zero attached hydrogens (tertiary/aromatic N) is 1. The fraction of sp³-hybridized carbons (Fsp3) is 0.333. The van der Waals surface area contributed by atoms with E-state index in [0.29, 0.717) is 11.4 Å². The quantitative estimate of drug-likeness (QED) is 0.873. The van der Waals surface area contributed by atoms with Crippen LogP contribution in [0.1, 0.15) is 47.3 Å². The monoisotopic (exact) mass is 280 g/mol. The highest BCUT2D eigenvalue weighted by atomic mass is 16.1. The number of aromatic nitrogens is 1. The average Bonchev–Trinajstić information content (AvgIpc) is 3.01. The summed E-state index contributed by atoms with van der Waals surface area (Å²) in [6, 6.07) is 11.9. The fourth-order valence-corrected chi connectivity index (χ4v) is 3.36. The molecule has 1 aromatic heterocycles. The van der Waals surface area contributed by atoms with Crippen LogP contribution in [0.15, 0.2) is 42.6 Å². The van der Waals surface area contributed by atoms with E-state index in [1.54, 1.807) is 6.20 Å². The molecule has 1 saturated carbocycles. The van der Waals surface area contributed by atoms with Crippen molar-refractivity contribution >= 4 is 11.5 Å². The van der Waals surface area contributed by atoms with Gasteiger partial charge in [0.2, 0.25) is 0 Å². The van der Waals surface area contributed by atoms with Crippen molar-refractivity contribution in [2.24, 2.45) is 0 Å². The number of hydrogen-bond acceptors (Lipinski definition) is 3. The van der Waals surface area contributed by atoms with Crippen LogP contribution < -0.4 is 5.73 Å². The van der Waals surface area contributed by atoms with E-state index in [0.717, 1.165) is 36.8 Å². The zero-order valence-electron chi connectivity index (χ0n) is 12.3. The Morgan fingerprint density at radius 2 is 1.81 bits per heavy atom. The van der Waals surface area contributed by atoms with Crippen molar-refractivity contribution in [2.75, 3.05) is 5.73 Å². The number of aryl methyl sites for hydroxylation is 1. The van der Waals surface area contributed by atoms with Crippen LogP contribution in [0.4, 0.5) is 5.69 Å². The molecule has 0 saturated heterocycles. The van der Waals surface area contributed by atoms with Crippen molar-refractivity contribution in [3.63, 3.8) is 0 Å². The Labute approximate surface area is 125 Å². The number of pyridine rings is 1. The molecular formula is C18H20N2O. The number of rotatable bonds is 3. The minimum absolute atomic E-state index is 0.0763. The number of carbonyl (C=O) groups excluding carboxylic acids is 1. The van der Waals surface area contributed by atoms with E-state index < -0.39 is 5.41 Å². The summed E-state index contributed by atoms with van der Waals surface area (Å²) in [7, 11) is 0. The van der Waals surface area contributed by atoms with Crippen molar-refractivity contribution in [3.8, 4) is 0 Å². The highest BCUT2D eigenvalue weighted by Crippen LogP contribution is 2.44. The fourth-order valence-electron chi connectivity index (χ4n) is 3.36. The molecule has 1 fully saturated rings.